The molecule has 1 N–H and O–H groups in total. The molecule has 0 bridgehead atoms. The van der Waals surface area contributed by atoms with Gasteiger partial charge in [0, 0.05) is 33.2 Å². The first-order chi connectivity index (χ1) is 20.0. The number of ether oxygens (including phenoxy) is 1. The number of hydrogen-bond acceptors (Lipinski definition) is 7. The zero-order valence-electron chi connectivity index (χ0n) is 22.2. The van der Waals surface area contributed by atoms with Crippen LogP contribution in [0, 0.1) is 17.8 Å². The molecule has 1 saturated heterocycles. The number of aromatic hydroxyl groups is 1. The van der Waals surface area contributed by atoms with Gasteiger partial charge in [-0.25, -0.2) is 0 Å². The second-order valence-electron chi connectivity index (χ2n) is 10.7. The second kappa shape index (κ2) is 10.5. The number of methoxy groups -OCH3 is 1. The van der Waals surface area contributed by atoms with E-state index < -0.39 is 23.7 Å². The van der Waals surface area contributed by atoms with Crippen LogP contribution in [0.5, 0.6) is 11.5 Å². The molecule has 1 fully saturated rings. The lowest BCUT2D eigenvalue weighted by molar-refractivity contribution is -0.123. The maximum absolute atomic E-state index is 14.1. The Morgan fingerprint density at radius 3 is 2.33 bits per heavy atom. The Labute approximate surface area is 265 Å². The molecule has 0 aromatic heterocycles. The monoisotopic (exact) mass is 757 g/mol. The summed E-state index contributed by atoms with van der Waals surface area (Å²) in [6.45, 7) is 1.44. The fraction of sp³-hybridized carbons (Fsp3) is 0.258. The number of nitrogens with zero attached hydrogens (tertiary/aromatic N) is 1. The number of carbonyl (C=O) groups is 5. The number of rotatable bonds is 4. The molecule has 2 aromatic rings. The number of halogens is 3. The number of allylic oxidation sites excluding steroid dienone is 6. The fourth-order valence-corrected chi connectivity index (χ4v) is 8.04. The Morgan fingerprint density at radius 2 is 1.69 bits per heavy atom. The van der Waals surface area contributed by atoms with Crippen LogP contribution >= 0.6 is 47.8 Å². The van der Waals surface area contributed by atoms with Crippen molar-refractivity contribution in [1.29, 1.82) is 0 Å². The smallest absolute Gasteiger partial charge is 0.238 e. The lowest BCUT2D eigenvalue weighted by atomic mass is 9.59. The summed E-state index contributed by atoms with van der Waals surface area (Å²) in [5, 5.41) is 10.6. The van der Waals surface area contributed by atoms with Gasteiger partial charge < -0.3 is 9.84 Å². The maximum Gasteiger partial charge on any atom is 0.238 e. The van der Waals surface area contributed by atoms with Crippen molar-refractivity contribution in [3.05, 3.63) is 83.8 Å². The van der Waals surface area contributed by atoms with Crippen molar-refractivity contribution in [3.63, 3.8) is 0 Å². The number of hydrogen-bond donors (Lipinski definition) is 1. The first kappa shape index (κ1) is 28.9. The minimum Gasteiger partial charge on any atom is -0.503 e. The molecular formula is C31H22Br3NO7. The van der Waals surface area contributed by atoms with Gasteiger partial charge in [0.05, 0.1) is 33.6 Å². The molecule has 3 aliphatic carbocycles. The fourth-order valence-electron chi connectivity index (χ4n) is 6.64. The quantitative estimate of drug-likeness (QED) is 0.174. The summed E-state index contributed by atoms with van der Waals surface area (Å²) in [5.41, 5.74) is 2.77. The number of fused-ring (bicyclic) bond motifs is 3. The number of Topliss-reactive ketones (excluding diaryl/α,β-unsaturated/α-hetero) is 2. The molecule has 0 saturated carbocycles. The number of anilines is 1. The summed E-state index contributed by atoms with van der Waals surface area (Å²) >= 11 is 10.2. The summed E-state index contributed by atoms with van der Waals surface area (Å²) in [6.07, 6.45) is 3.57. The zero-order valence-corrected chi connectivity index (χ0v) is 27.0. The van der Waals surface area contributed by atoms with Crippen molar-refractivity contribution in [3.8, 4) is 11.5 Å². The third-order valence-corrected chi connectivity index (χ3v) is 11.3. The topological polar surface area (TPSA) is 118 Å². The molecule has 11 heteroatoms. The van der Waals surface area contributed by atoms with E-state index in [2.05, 4.69) is 47.8 Å². The molecule has 4 atom stereocenters. The van der Waals surface area contributed by atoms with Crippen molar-refractivity contribution in [2.24, 2.45) is 17.8 Å². The predicted molar refractivity (Wildman–Crippen MR) is 164 cm³/mol. The predicted octanol–water partition coefficient (Wildman–Crippen LogP) is 6.10. The van der Waals surface area contributed by atoms with Gasteiger partial charge in [-0.3, -0.25) is 28.9 Å². The normalized spacial score (nSPS) is 25.1. The van der Waals surface area contributed by atoms with E-state index in [1.54, 1.807) is 30.3 Å². The Morgan fingerprint density at radius 1 is 1.00 bits per heavy atom. The van der Waals surface area contributed by atoms with Crippen LogP contribution in [0.15, 0.2) is 72.6 Å². The van der Waals surface area contributed by atoms with Crippen LogP contribution < -0.4 is 9.64 Å². The lowest BCUT2D eigenvalue weighted by Gasteiger charge is -2.42. The maximum atomic E-state index is 14.1. The molecule has 2 aromatic carbocycles. The molecule has 4 aliphatic rings. The van der Waals surface area contributed by atoms with E-state index in [9.17, 15) is 29.1 Å². The first-order valence-electron chi connectivity index (χ1n) is 13.1. The minimum absolute atomic E-state index is 0.122. The molecule has 1 aliphatic heterocycles. The standard InChI is InChI=1S/C31H22Br3NO7/c1-12(36)13-3-5-14(6-4-13)35-30(40)16-8-7-15-17(24(16)31(35)41)9-19-25(21(37)11-20(32)28(19)38)23(15)18-10-22(42-2)29(39)27(34)26(18)33/h3-7,10-11,16-17,23-24,39H,8-9H2,1-2H3/t16-,17+,23+,24-/m0/s1. The highest BCUT2D eigenvalue weighted by atomic mass is 79.9. The summed E-state index contributed by atoms with van der Waals surface area (Å²) in [4.78, 5) is 67.7. The molecule has 42 heavy (non-hydrogen) atoms. The van der Waals surface area contributed by atoms with Gasteiger partial charge in [0.2, 0.25) is 11.8 Å². The molecule has 214 valence electrons. The van der Waals surface area contributed by atoms with Crippen molar-refractivity contribution >= 4 is 82.6 Å². The first-order valence-corrected chi connectivity index (χ1v) is 15.5. The van der Waals surface area contributed by atoms with Crippen LogP contribution in [-0.4, -0.2) is 41.4 Å². The average Bonchev–Trinajstić information content (AvgIpc) is 3.23. The van der Waals surface area contributed by atoms with E-state index in [0.717, 1.165) is 5.57 Å². The molecule has 2 amide bonds. The highest BCUT2D eigenvalue weighted by Gasteiger charge is 2.57. The lowest BCUT2D eigenvalue weighted by Crippen LogP contribution is -2.39. The molecule has 1 heterocycles. The van der Waals surface area contributed by atoms with E-state index >= 15 is 0 Å². The molecule has 8 nitrogen and oxygen atoms in total. The zero-order chi connectivity index (χ0) is 30.2. The van der Waals surface area contributed by atoms with E-state index in [4.69, 9.17) is 4.74 Å². The third-order valence-electron chi connectivity index (χ3n) is 8.57. The Hall–Kier alpha value is -3.15. The Balaban J connectivity index is 1.50. The number of benzene rings is 2. The van der Waals surface area contributed by atoms with Gasteiger partial charge in [0.15, 0.2) is 28.8 Å². The van der Waals surface area contributed by atoms with Crippen LogP contribution in [0.1, 0.15) is 41.6 Å². The van der Waals surface area contributed by atoms with Crippen molar-refractivity contribution in [2.45, 2.75) is 25.7 Å². The van der Waals surface area contributed by atoms with E-state index in [0.29, 0.717) is 36.9 Å². The SMILES string of the molecule is COc1cc([C@H]2C3=CC[C@@H]4C(=O)N(c5ccc(C(C)=O)cc5)C(=O)[C@@H]4[C@@H]3CC3=C2C(=O)C=C(Br)C3=O)c(Br)c(Br)c1O. The molecule has 6 rings (SSSR count). The van der Waals surface area contributed by atoms with Gasteiger partial charge in [-0.15, -0.1) is 0 Å². The van der Waals surface area contributed by atoms with Crippen LogP contribution in [0.2, 0.25) is 0 Å². The van der Waals surface area contributed by atoms with E-state index in [1.807, 2.05) is 6.08 Å². The Bertz CT molecular complexity index is 1740. The largest absolute Gasteiger partial charge is 0.503 e. The van der Waals surface area contributed by atoms with Gasteiger partial charge in [-0.2, -0.15) is 0 Å². The van der Waals surface area contributed by atoms with E-state index in [-0.39, 0.29) is 58.0 Å². The van der Waals surface area contributed by atoms with Gasteiger partial charge in [0.25, 0.3) is 0 Å². The van der Waals surface area contributed by atoms with Crippen LogP contribution in [0.25, 0.3) is 0 Å². The van der Waals surface area contributed by atoms with Crippen molar-refractivity contribution in [1.82, 2.24) is 0 Å². The van der Waals surface area contributed by atoms with Crippen molar-refractivity contribution in [2.75, 3.05) is 12.0 Å². The summed E-state index contributed by atoms with van der Waals surface area (Å²) < 4.78 is 6.32. The summed E-state index contributed by atoms with van der Waals surface area (Å²) in [5.74, 6) is -4.16. The number of carbonyl (C=O) groups excluding carboxylic acids is 5. The molecule has 0 unspecified atom stereocenters. The van der Waals surface area contributed by atoms with Gasteiger partial charge in [-0.05, 0) is 109 Å². The van der Waals surface area contributed by atoms with Gasteiger partial charge in [0.1, 0.15) is 0 Å². The average molecular weight is 760 g/mol. The van der Waals surface area contributed by atoms with Gasteiger partial charge >= 0.3 is 0 Å². The molecule has 0 radical (unpaired) electrons. The van der Waals surface area contributed by atoms with E-state index in [1.165, 1.54) is 25.0 Å². The van der Waals surface area contributed by atoms with Crippen molar-refractivity contribution < 1.29 is 33.8 Å². The number of phenols is 1. The highest BCUT2D eigenvalue weighted by Crippen LogP contribution is 2.58. The summed E-state index contributed by atoms with van der Waals surface area (Å²) in [6, 6.07) is 7.96. The van der Waals surface area contributed by atoms with Crippen LogP contribution in [0.4, 0.5) is 5.69 Å². The van der Waals surface area contributed by atoms with Crippen LogP contribution in [-0.2, 0) is 19.2 Å². The number of amides is 2. The second-order valence-corrected chi connectivity index (χ2v) is 13.1. The number of imide groups is 1. The van der Waals surface area contributed by atoms with Gasteiger partial charge in [-0.1, -0.05) is 11.6 Å². The minimum atomic E-state index is -0.754. The van der Waals surface area contributed by atoms with Crippen LogP contribution in [0.3, 0.4) is 0 Å². The molecular weight excluding hydrogens is 738 g/mol. The number of phenolic OH excluding ortho intramolecular Hbond substituents is 1. The highest BCUT2D eigenvalue weighted by molar-refractivity contribution is 9.13. The Kier molecular flexibility index (Phi) is 7.26. The number of ketones is 3. The summed E-state index contributed by atoms with van der Waals surface area (Å²) in [7, 11) is 1.41. The third kappa shape index (κ3) is 4.23. The molecule has 0 spiro atoms.